The first-order valence-corrected chi connectivity index (χ1v) is 11.3. The van der Waals surface area contributed by atoms with Gasteiger partial charge in [-0.25, -0.2) is 9.97 Å². The molecule has 0 spiro atoms. The van der Waals surface area contributed by atoms with Gasteiger partial charge in [-0.1, -0.05) is 23.4 Å². The van der Waals surface area contributed by atoms with Gasteiger partial charge in [0.2, 0.25) is 0 Å². The monoisotopic (exact) mass is 470 g/mol. The maximum Gasteiger partial charge on any atom is 0.313 e. The van der Waals surface area contributed by atoms with Crippen molar-refractivity contribution >= 4 is 27.9 Å². The van der Waals surface area contributed by atoms with Crippen LogP contribution >= 0.6 is 0 Å². The number of aromatic amines is 1. The number of rotatable bonds is 5. The molecule has 0 unspecified atom stereocenters. The van der Waals surface area contributed by atoms with Crippen LogP contribution in [0.4, 0.5) is 0 Å². The number of methoxy groups -OCH3 is 1. The van der Waals surface area contributed by atoms with Gasteiger partial charge in [-0.3, -0.25) is 4.79 Å². The van der Waals surface area contributed by atoms with E-state index in [0.717, 1.165) is 44.4 Å². The minimum absolute atomic E-state index is 0.611. The van der Waals surface area contributed by atoms with E-state index in [4.69, 9.17) is 14.2 Å². The molecule has 35 heavy (non-hydrogen) atoms. The lowest BCUT2D eigenvalue weighted by atomic mass is 9.83. The van der Waals surface area contributed by atoms with E-state index < -0.39 is 11.4 Å². The van der Waals surface area contributed by atoms with Gasteiger partial charge in [-0.05, 0) is 58.4 Å². The Hall–Kier alpha value is -4.20. The van der Waals surface area contributed by atoms with Crippen molar-refractivity contribution in [1.82, 2.24) is 20.1 Å². The number of carbonyl (C=O) groups is 1. The highest BCUT2D eigenvalue weighted by Crippen LogP contribution is 2.41. The first kappa shape index (κ1) is 22.6. The lowest BCUT2D eigenvalue weighted by Crippen LogP contribution is -2.28. The van der Waals surface area contributed by atoms with Crippen molar-refractivity contribution in [2.24, 2.45) is 0 Å². The molecule has 0 atom stereocenters. The van der Waals surface area contributed by atoms with Crippen molar-refractivity contribution in [3.05, 3.63) is 59.2 Å². The molecule has 0 saturated heterocycles. The molecule has 0 saturated carbocycles. The predicted molar refractivity (Wildman–Crippen MR) is 134 cm³/mol. The summed E-state index contributed by atoms with van der Waals surface area (Å²) < 4.78 is 11.2. The van der Waals surface area contributed by atoms with Crippen LogP contribution < -0.4 is 4.74 Å². The van der Waals surface area contributed by atoms with Gasteiger partial charge in [0, 0.05) is 22.0 Å². The molecule has 0 aliphatic heterocycles. The third-order valence-corrected chi connectivity index (χ3v) is 6.58. The smallest absolute Gasteiger partial charge is 0.313 e. The van der Waals surface area contributed by atoms with E-state index in [9.17, 15) is 9.90 Å². The van der Waals surface area contributed by atoms with Crippen LogP contribution in [0.3, 0.4) is 0 Å². The fourth-order valence-electron chi connectivity index (χ4n) is 4.56. The third-order valence-electron chi connectivity index (χ3n) is 6.58. The first-order valence-electron chi connectivity index (χ1n) is 11.3. The largest absolute Gasteiger partial charge is 0.496 e. The summed E-state index contributed by atoms with van der Waals surface area (Å²) in [7, 11) is 1.64. The number of nitrogens with one attached hydrogen (secondary N) is 1. The summed E-state index contributed by atoms with van der Waals surface area (Å²) in [6, 6.07) is 11.5. The number of ether oxygens (including phenoxy) is 1. The van der Waals surface area contributed by atoms with Gasteiger partial charge in [0.05, 0.1) is 34.9 Å². The Morgan fingerprint density at radius 1 is 1.11 bits per heavy atom. The van der Waals surface area contributed by atoms with E-state index in [0.29, 0.717) is 28.5 Å². The fourth-order valence-corrected chi connectivity index (χ4v) is 4.56. The number of hydrogen-bond donors (Lipinski definition) is 2. The van der Waals surface area contributed by atoms with Gasteiger partial charge < -0.3 is 19.4 Å². The van der Waals surface area contributed by atoms with Gasteiger partial charge in [0.1, 0.15) is 23.0 Å². The molecule has 0 radical (unpaired) electrons. The number of nitrogens with zero attached hydrogens (tertiary/aromatic N) is 3. The molecule has 0 aliphatic carbocycles. The lowest BCUT2D eigenvalue weighted by Gasteiger charge is -2.20. The van der Waals surface area contributed by atoms with Crippen molar-refractivity contribution in [2.45, 2.75) is 40.0 Å². The van der Waals surface area contributed by atoms with Gasteiger partial charge >= 0.3 is 5.97 Å². The molecule has 5 aromatic rings. The summed E-state index contributed by atoms with van der Waals surface area (Å²) in [5, 5.41) is 15.6. The summed E-state index contributed by atoms with van der Waals surface area (Å²) >= 11 is 0. The van der Waals surface area contributed by atoms with Gasteiger partial charge in [0.15, 0.2) is 0 Å². The average molecular weight is 471 g/mol. The number of carboxylic acids is 1. The number of aliphatic carboxylic acids is 1. The Kier molecular flexibility index (Phi) is 5.12. The Morgan fingerprint density at radius 2 is 1.89 bits per heavy atom. The highest BCUT2D eigenvalue weighted by atomic mass is 16.5. The summed E-state index contributed by atoms with van der Waals surface area (Å²) in [5.74, 6) is 1.12. The van der Waals surface area contributed by atoms with Gasteiger partial charge in [-0.2, -0.15) is 0 Å². The quantitative estimate of drug-likeness (QED) is 0.337. The van der Waals surface area contributed by atoms with Gasteiger partial charge in [-0.15, -0.1) is 0 Å². The summed E-state index contributed by atoms with van der Waals surface area (Å²) in [6.07, 6.45) is 0. The Bertz CT molecular complexity index is 1610. The lowest BCUT2D eigenvalue weighted by molar-refractivity contribution is -0.142. The maximum atomic E-state index is 11.9. The number of hydrogen-bond acceptors (Lipinski definition) is 6. The molecule has 8 heteroatoms. The standard InChI is InChI=1S/C27H26N4O4/c1-13-22(14(2)35-31-13)19-11-20-18(12-21(19)34-6)23-24(28-15(3)29-25(23)30-20)16-8-7-9-17(10-16)27(4,5)26(32)33/h7-12H,1-6H3,(H,32,33)(H,28,29,30). The van der Waals surface area contributed by atoms with E-state index in [1.165, 1.54) is 0 Å². The van der Waals surface area contributed by atoms with Crippen LogP contribution in [0, 0.1) is 20.8 Å². The van der Waals surface area contributed by atoms with Crippen LogP contribution in [-0.2, 0) is 10.2 Å². The van der Waals surface area contributed by atoms with E-state index >= 15 is 0 Å². The number of aryl methyl sites for hydroxylation is 3. The van der Waals surface area contributed by atoms with Crippen molar-refractivity contribution in [3.8, 4) is 28.1 Å². The zero-order valence-electron chi connectivity index (χ0n) is 20.5. The zero-order chi connectivity index (χ0) is 25.1. The van der Waals surface area contributed by atoms with Crippen LogP contribution in [0.1, 0.15) is 36.7 Å². The molecule has 0 aliphatic rings. The van der Waals surface area contributed by atoms with Crippen molar-refractivity contribution < 1.29 is 19.2 Å². The molecule has 5 rings (SSSR count). The molecule has 0 fully saturated rings. The van der Waals surface area contributed by atoms with E-state index in [1.807, 2.05) is 57.2 Å². The van der Waals surface area contributed by atoms with Gasteiger partial charge in [0.25, 0.3) is 0 Å². The average Bonchev–Trinajstić information content (AvgIpc) is 3.35. The molecule has 178 valence electrons. The number of aromatic nitrogens is 4. The summed E-state index contributed by atoms with van der Waals surface area (Å²) in [5.41, 5.74) is 5.34. The minimum Gasteiger partial charge on any atom is -0.496 e. The number of H-pyrrole nitrogens is 1. The second-order valence-corrected chi connectivity index (χ2v) is 9.28. The predicted octanol–water partition coefficient (Wildman–Crippen LogP) is 5.73. The Labute approximate surface area is 202 Å². The maximum absolute atomic E-state index is 11.9. The van der Waals surface area contributed by atoms with Crippen LogP contribution in [0.5, 0.6) is 5.75 Å². The second-order valence-electron chi connectivity index (χ2n) is 9.28. The number of fused-ring (bicyclic) bond motifs is 3. The van der Waals surface area contributed by atoms with Crippen LogP contribution in [-0.4, -0.2) is 38.3 Å². The molecule has 2 N–H and O–H groups in total. The Morgan fingerprint density at radius 3 is 2.54 bits per heavy atom. The number of benzene rings is 2. The van der Waals surface area contributed by atoms with Crippen molar-refractivity contribution in [1.29, 1.82) is 0 Å². The molecular weight excluding hydrogens is 444 g/mol. The molecular formula is C27H26N4O4. The Balaban J connectivity index is 1.80. The minimum atomic E-state index is -1.04. The molecule has 0 amide bonds. The van der Waals surface area contributed by atoms with E-state index in [1.54, 1.807) is 21.0 Å². The molecule has 3 heterocycles. The first-order chi connectivity index (χ1) is 16.6. The SMILES string of the molecule is COc1cc2c(cc1-c1c(C)noc1C)[nH]c1nc(C)nc(-c3cccc(C(C)(C)C(=O)O)c3)c12. The topological polar surface area (TPSA) is 114 Å². The number of carboxylic acid groups (broad SMARTS) is 1. The van der Waals surface area contributed by atoms with Crippen LogP contribution in [0.15, 0.2) is 40.9 Å². The van der Waals surface area contributed by atoms with E-state index in [2.05, 4.69) is 15.1 Å². The second kappa shape index (κ2) is 7.94. The third kappa shape index (κ3) is 3.53. The van der Waals surface area contributed by atoms with Crippen LogP contribution in [0.2, 0.25) is 0 Å². The highest BCUT2D eigenvalue weighted by Gasteiger charge is 2.30. The summed E-state index contributed by atoms with van der Waals surface area (Å²) in [4.78, 5) is 24.7. The van der Waals surface area contributed by atoms with Crippen LogP contribution in [0.25, 0.3) is 44.3 Å². The highest BCUT2D eigenvalue weighted by molar-refractivity contribution is 6.13. The molecule has 8 nitrogen and oxygen atoms in total. The molecule has 3 aromatic heterocycles. The fraction of sp³-hybridized carbons (Fsp3) is 0.259. The van der Waals surface area contributed by atoms with Crippen molar-refractivity contribution in [3.63, 3.8) is 0 Å². The zero-order valence-corrected chi connectivity index (χ0v) is 20.5. The normalized spacial score (nSPS) is 11.9. The molecule has 2 aromatic carbocycles. The van der Waals surface area contributed by atoms with E-state index in [-0.39, 0.29) is 0 Å². The van der Waals surface area contributed by atoms with Crippen molar-refractivity contribution in [2.75, 3.05) is 7.11 Å². The molecule has 0 bridgehead atoms. The summed E-state index contributed by atoms with van der Waals surface area (Å²) in [6.45, 7) is 9.02.